The smallest absolute Gasteiger partial charge is 0.229 e. The van der Waals surface area contributed by atoms with Gasteiger partial charge in [-0.05, 0) is 57.1 Å². The Kier molecular flexibility index (Phi) is 7.40. The van der Waals surface area contributed by atoms with Crippen molar-refractivity contribution in [2.45, 2.75) is 52.5 Å². The lowest BCUT2D eigenvalue weighted by Gasteiger charge is -2.22. The first-order valence-corrected chi connectivity index (χ1v) is 11.8. The molecule has 0 spiro atoms. The number of imidazole rings is 1. The molecule has 33 heavy (non-hydrogen) atoms. The molecule has 1 aliphatic heterocycles. The molecule has 2 N–H and O–H groups in total. The van der Waals surface area contributed by atoms with Crippen LogP contribution in [0.25, 0.3) is 0 Å². The third-order valence-corrected chi connectivity index (χ3v) is 6.10. The molecule has 3 aromatic rings. The molecule has 2 aromatic heterocycles. The second kappa shape index (κ2) is 10.6. The second-order valence-corrected chi connectivity index (χ2v) is 8.76. The third kappa shape index (κ3) is 5.99. The summed E-state index contributed by atoms with van der Waals surface area (Å²) in [5, 5.41) is 6.40. The SMILES string of the molecule is CCc1nccn1CC(C)C(=O)Nc1ccc(Oc2cc(C)nc(C3CCNCC3)c2)cc1. The van der Waals surface area contributed by atoms with E-state index in [0.29, 0.717) is 12.5 Å². The van der Waals surface area contributed by atoms with E-state index in [2.05, 4.69) is 28.6 Å². The number of aryl methyl sites for hydroxylation is 2. The number of hydrogen-bond acceptors (Lipinski definition) is 5. The maximum Gasteiger partial charge on any atom is 0.229 e. The fourth-order valence-corrected chi connectivity index (χ4v) is 4.25. The number of pyridine rings is 1. The summed E-state index contributed by atoms with van der Waals surface area (Å²) in [6.07, 6.45) is 6.75. The number of carbonyl (C=O) groups excluding carboxylic acids is 1. The fraction of sp³-hybridized carbons (Fsp3) is 0.423. The average molecular weight is 448 g/mol. The number of benzene rings is 1. The van der Waals surface area contributed by atoms with Crippen LogP contribution in [0.4, 0.5) is 5.69 Å². The van der Waals surface area contributed by atoms with Gasteiger partial charge in [-0.3, -0.25) is 9.78 Å². The lowest BCUT2D eigenvalue weighted by atomic mass is 9.94. The first-order chi connectivity index (χ1) is 16.0. The number of rotatable bonds is 8. The first-order valence-electron chi connectivity index (χ1n) is 11.8. The van der Waals surface area contributed by atoms with E-state index in [-0.39, 0.29) is 11.8 Å². The van der Waals surface area contributed by atoms with E-state index in [1.807, 2.05) is 54.9 Å². The van der Waals surface area contributed by atoms with Crippen LogP contribution in [0.5, 0.6) is 11.5 Å². The van der Waals surface area contributed by atoms with Crippen molar-refractivity contribution in [2.24, 2.45) is 5.92 Å². The highest BCUT2D eigenvalue weighted by molar-refractivity contribution is 5.92. The minimum absolute atomic E-state index is 0.0178. The molecule has 1 aliphatic rings. The van der Waals surface area contributed by atoms with Gasteiger partial charge in [0.15, 0.2) is 0 Å². The van der Waals surface area contributed by atoms with Gasteiger partial charge < -0.3 is 19.9 Å². The average Bonchev–Trinajstić information content (AvgIpc) is 3.27. The van der Waals surface area contributed by atoms with Crippen molar-refractivity contribution in [3.63, 3.8) is 0 Å². The number of nitrogens with one attached hydrogen (secondary N) is 2. The Bertz CT molecular complexity index is 1070. The Morgan fingerprint density at radius 2 is 1.97 bits per heavy atom. The van der Waals surface area contributed by atoms with Crippen LogP contribution in [0.1, 0.15) is 49.8 Å². The van der Waals surface area contributed by atoms with Gasteiger partial charge in [0.05, 0.1) is 5.92 Å². The molecule has 1 atom stereocenters. The number of aromatic nitrogens is 3. The lowest BCUT2D eigenvalue weighted by Crippen LogP contribution is -2.27. The highest BCUT2D eigenvalue weighted by Gasteiger charge is 2.18. The van der Waals surface area contributed by atoms with Crippen molar-refractivity contribution < 1.29 is 9.53 Å². The molecule has 1 saturated heterocycles. The Morgan fingerprint density at radius 1 is 1.21 bits per heavy atom. The summed E-state index contributed by atoms with van der Waals surface area (Å²) in [6.45, 7) is 8.67. The molecule has 174 valence electrons. The van der Waals surface area contributed by atoms with Crippen LogP contribution in [0.3, 0.4) is 0 Å². The highest BCUT2D eigenvalue weighted by atomic mass is 16.5. The largest absolute Gasteiger partial charge is 0.457 e. The minimum Gasteiger partial charge on any atom is -0.457 e. The first kappa shape index (κ1) is 23.0. The van der Waals surface area contributed by atoms with Crippen LogP contribution in [0, 0.1) is 12.8 Å². The van der Waals surface area contributed by atoms with Crippen LogP contribution < -0.4 is 15.4 Å². The molecular weight excluding hydrogens is 414 g/mol. The minimum atomic E-state index is -0.173. The maximum atomic E-state index is 12.7. The van der Waals surface area contributed by atoms with Crippen molar-refractivity contribution in [1.29, 1.82) is 0 Å². The standard InChI is InChI=1S/C26H33N5O2/c1-4-25-28-13-14-31(25)17-18(2)26(32)30-21-5-7-22(8-6-21)33-23-15-19(3)29-24(16-23)20-9-11-27-12-10-20/h5-8,13-16,18,20,27H,4,9-12,17H2,1-3H3,(H,30,32). The number of ether oxygens (including phenoxy) is 1. The molecule has 0 radical (unpaired) electrons. The van der Waals surface area contributed by atoms with Crippen LogP contribution in [-0.2, 0) is 17.8 Å². The Morgan fingerprint density at radius 3 is 2.70 bits per heavy atom. The molecule has 0 saturated carbocycles. The van der Waals surface area contributed by atoms with Crippen molar-refractivity contribution in [3.8, 4) is 11.5 Å². The van der Waals surface area contributed by atoms with Crippen molar-refractivity contribution in [3.05, 3.63) is 66.0 Å². The van der Waals surface area contributed by atoms with Gasteiger partial charge in [0.25, 0.3) is 0 Å². The number of carbonyl (C=O) groups is 1. The van der Waals surface area contributed by atoms with E-state index in [1.165, 1.54) is 0 Å². The lowest BCUT2D eigenvalue weighted by molar-refractivity contribution is -0.119. The Labute approximate surface area is 195 Å². The molecule has 3 heterocycles. The van der Waals surface area contributed by atoms with Gasteiger partial charge in [0, 0.05) is 60.5 Å². The molecule has 7 heteroatoms. The van der Waals surface area contributed by atoms with E-state index in [9.17, 15) is 4.79 Å². The van der Waals surface area contributed by atoms with Crippen molar-refractivity contribution in [1.82, 2.24) is 19.9 Å². The monoisotopic (exact) mass is 447 g/mol. The molecule has 1 amide bonds. The van der Waals surface area contributed by atoms with E-state index in [1.54, 1.807) is 6.20 Å². The van der Waals surface area contributed by atoms with Gasteiger partial charge in [0.2, 0.25) is 5.91 Å². The summed E-state index contributed by atoms with van der Waals surface area (Å²) in [4.78, 5) is 21.7. The van der Waals surface area contributed by atoms with Gasteiger partial charge in [-0.15, -0.1) is 0 Å². The summed E-state index contributed by atoms with van der Waals surface area (Å²) in [6, 6.07) is 11.5. The molecule has 1 fully saturated rings. The normalized spacial score (nSPS) is 15.2. The van der Waals surface area contributed by atoms with Crippen molar-refractivity contribution in [2.75, 3.05) is 18.4 Å². The highest BCUT2D eigenvalue weighted by Crippen LogP contribution is 2.30. The molecule has 1 aromatic carbocycles. The predicted octanol–water partition coefficient (Wildman–Crippen LogP) is 4.68. The van der Waals surface area contributed by atoms with Gasteiger partial charge in [0.1, 0.15) is 17.3 Å². The molecule has 0 bridgehead atoms. The third-order valence-electron chi connectivity index (χ3n) is 6.10. The summed E-state index contributed by atoms with van der Waals surface area (Å²) in [5.74, 6) is 2.81. The van der Waals surface area contributed by atoms with E-state index in [4.69, 9.17) is 9.72 Å². The zero-order valence-corrected chi connectivity index (χ0v) is 19.7. The molecule has 0 aliphatic carbocycles. The summed E-state index contributed by atoms with van der Waals surface area (Å²) < 4.78 is 8.15. The predicted molar refractivity (Wildman–Crippen MR) is 130 cm³/mol. The quantitative estimate of drug-likeness (QED) is 0.524. The molecule has 4 rings (SSSR count). The fourth-order valence-electron chi connectivity index (χ4n) is 4.25. The van der Waals surface area contributed by atoms with Crippen LogP contribution in [0.15, 0.2) is 48.8 Å². The zero-order valence-electron chi connectivity index (χ0n) is 19.7. The van der Waals surface area contributed by atoms with Gasteiger partial charge >= 0.3 is 0 Å². The Hall–Kier alpha value is -3.19. The number of nitrogens with zero attached hydrogens (tertiary/aromatic N) is 3. The van der Waals surface area contributed by atoms with E-state index < -0.39 is 0 Å². The van der Waals surface area contributed by atoms with E-state index in [0.717, 1.165) is 66.8 Å². The number of anilines is 1. The topological polar surface area (TPSA) is 81.1 Å². The van der Waals surface area contributed by atoms with Gasteiger partial charge in [-0.25, -0.2) is 4.98 Å². The molecular formula is C26H33N5O2. The number of amides is 1. The maximum absolute atomic E-state index is 12.7. The summed E-state index contributed by atoms with van der Waals surface area (Å²) in [7, 11) is 0. The van der Waals surface area contributed by atoms with Crippen LogP contribution >= 0.6 is 0 Å². The van der Waals surface area contributed by atoms with Crippen LogP contribution in [0.2, 0.25) is 0 Å². The summed E-state index contributed by atoms with van der Waals surface area (Å²) in [5.41, 5.74) is 2.82. The second-order valence-electron chi connectivity index (χ2n) is 8.76. The zero-order chi connectivity index (χ0) is 23.2. The van der Waals surface area contributed by atoms with Gasteiger partial charge in [-0.1, -0.05) is 13.8 Å². The number of hydrogen-bond donors (Lipinski definition) is 2. The number of piperidine rings is 1. The summed E-state index contributed by atoms with van der Waals surface area (Å²) >= 11 is 0. The van der Waals surface area contributed by atoms with E-state index >= 15 is 0 Å². The Balaban J connectivity index is 1.36. The molecule has 1 unspecified atom stereocenters. The van der Waals surface area contributed by atoms with Crippen molar-refractivity contribution >= 4 is 11.6 Å². The van der Waals surface area contributed by atoms with Crippen LogP contribution in [-0.4, -0.2) is 33.5 Å². The molecule has 7 nitrogen and oxygen atoms in total. The van der Waals surface area contributed by atoms with Gasteiger partial charge in [-0.2, -0.15) is 0 Å².